The van der Waals surface area contributed by atoms with E-state index in [1.165, 1.54) is 39.3 Å². The van der Waals surface area contributed by atoms with Gasteiger partial charge in [-0.05, 0) is 45.2 Å². The van der Waals surface area contributed by atoms with E-state index >= 15 is 0 Å². The highest BCUT2D eigenvalue weighted by atomic mass is 33.1. The van der Waals surface area contributed by atoms with E-state index in [2.05, 4.69) is 51.1 Å². The lowest BCUT2D eigenvalue weighted by atomic mass is 10.1. The van der Waals surface area contributed by atoms with Crippen LogP contribution in [-0.4, -0.2) is 0 Å². The highest BCUT2D eigenvalue weighted by molar-refractivity contribution is 8.78. The van der Waals surface area contributed by atoms with Gasteiger partial charge in [-0.25, -0.2) is 0 Å². The average molecular weight is 262 g/mol. The van der Waals surface area contributed by atoms with Crippen LogP contribution in [0.1, 0.15) is 30.9 Å². The predicted octanol–water partition coefficient (Wildman–Crippen LogP) is 5.67. The second kappa shape index (κ2) is 5.83. The van der Waals surface area contributed by atoms with Gasteiger partial charge in [0.25, 0.3) is 0 Å². The SMILES string of the molecule is CC1=C(SSc2ccc(C)cc2C)C=CCC1. The molecule has 1 aliphatic carbocycles. The molecule has 2 rings (SSSR count). The Hall–Kier alpha value is -0.600. The van der Waals surface area contributed by atoms with Gasteiger partial charge in [0.2, 0.25) is 0 Å². The van der Waals surface area contributed by atoms with Crippen molar-refractivity contribution in [1.29, 1.82) is 0 Å². The van der Waals surface area contributed by atoms with Gasteiger partial charge in [0.1, 0.15) is 0 Å². The fourth-order valence-electron chi connectivity index (χ4n) is 1.84. The molecule has 1 aromatic carbocycles. The van der Waals surface area contributed by atoms with Gasteiger partial charge in [-0.15, -0.1) is 0 Å². The molecule has 0 bridgehead atoms. The van der Waals surface area contributed by atoms with Crippen LogP contribution in [0.5, 0.6) is 0 Å². The fourth-order valence-corrected chi connectivity index (χ4v) is 4.42. The maximum absolute atomic E-state index is 2.28. The summed E-state index contributed by atoms with van der Waals surface area (Å²) < 4.78 is 0. The normalized spacial score (nSPS) is 15.5. The monoisotopic (exact) mass is 262 g/mol. The molecule has 0 radical (unpaired) electrons. The summed E-state index contributed by atoms with van der Waals surface area (Å²) in [7, 11) is 3.76. The molecular weight excluding hydrogens is 244 g/mol. The van der Waals surface area contributed by atoms with Crippen LogP contribution in [0.25, 0.3) is 0 Å². The van der Waals surface area contributed by atoms with Crippen molar-refractivity contribution in [3.8, 4) is 0 Å². The Balaban J connectivity index is 2.05. The molecule has 1 aromatic rings. The van der Waals surface area contributed by atoms with Crippen molar-refractivity contribution in [3.63, 3.8) is 0 Å². The molecule has 0 fully saturated rings. The second-order valence-electron chi connectivity index (χ2n) is 4.52. The molecule has 0 atom stereocenters. The van der Waals surface area contributed by atoms with E-state index in [1.54, 1.807) is 0 Å². The van der Waals surface area contributed by atoms with E-state index in [0.29, 0.717) is 0 Å². The number of hydrogen-bond acceptors (Lipinski definition) is 2. The van der Waals surface area contributed by atoms with Crippen molar-refractivity contribution in [1.82, 2.24) is 0 Å². The standard InChI is InChI=1S/C15H18S2/c1-11-8-9-15(13(3)10-11)17-16-14-7-5-4-6-12(14)2/h5,7-10H,4,6H2,1-3H3. The van der Waals surface area contributed by atoms with E-state index in [9.17, 15) is 0 Å². The van der Waals surface area contributed by atoms with E-state index in [-0.39, 0.29) is 0 Å². The topological polar surface area (TPSA) is 0 Å². The summed E-state index contributed by atoms with van der Waals surface area (Å²) in [5.74, 6) is 0. The summed E-state index contributed by atoms with van der Waals surface area (Å²) in [5.41, 5.74) is 4.24. The zero-order valence-electron chi connectivity index (χ0n) is 10.6. The summed E-state index contributed by atoms with van der Waals surface area (Å²) in [4.78, 5) is 2.81. The Morgan fingerprint density at radius 1 is 1.06 bits per heavy atom. The Morgan fingerprint density at radius 3 is 2.59 bits per heavy atom. The van der Waals surface area contributed by atoms with Crippen molar-refractivity contribution in [2.24, 2.45) is 0 Å². The number of rotatable bonds is 3. The number of benzene rings is 1. The maximum atomic E-state index is 2.28. The summed E-state index contributed by atoms with van der Waals surface area (Å²) in [6.45, 7) is 6.58. The minimum Gasteiger partial charge on any atom is -0.0831 e. The first-order valence-corrected chi connectivity index (χ1v) is 8.10. The van der Waals surface area contributed by atoms with Crippen molar-refractivity contribution in [2.45, 2.75) is 38.5 Å². The fraction of sp³-hybridized carbons (Fsp3) is 0.333. The third-order valence-corrected chi connectivity index (χ3v) is 5.64. The first-order valence-electron chi connectivity index (χ1n) is 5.95. The summed E-state index contributed by atoms with van der Waals surface area (Å²) in [6.07, 6.45) is 6.95. The van der Waals surface area contributed by atoms with Crippen LogP contribution >= 0.6 is 21.6 Å². The van der Waals surface area contributed by atoms with Crippen molar-refractivity contribution < 1.29 is 0 Å². The lowest BCUT2D eigenvalue weighted by Crippen LogP contribution is -1.87. The minimum atomic E-state index is 1.20. The van der Waals surface area contributed by atoms with Gasteiger partial charge in [-0.1, -0.05) is 57.0 Å². The third-order valence-electron chi connectivity index (χ3n) is 2.93. The van der Waals surface area contributed by atoms with Crippen LogP contribution in [-0.2, 0) is 0 Å². The van der Waals surface area contributed by atoms with Gasteiger partial charge in [0, 0.05) is 9.80 Å². The summed E-state index contributed by atoms with van der Waals surface area (Å²) in [5, 5.41) is 0. The first kappa shape index (κ1) is 12.8. The minimum absolute atomic E-state index is 1.20. The zero-order valence-corrected chi connectivity index (χ0v) is 12.3. The largest absolute Gasteiger partial charge is 0.0831 e. The number of aryl methyl sites for hydroxylation is 2. The molecule has 1 aliphatic rings. The van der Waals surface area contributed by atoms with Crippen LogP contribution in [0.3, 0.4) is 0 Å². The van der Waals surface area contributed by atoms with Crippen molar-refractivity contribution in [2.75, 3.05) is 0 Å². The molecule has 0 aromatic heterocycles. The van der Waals surface area contributed by atoms with E-state index in [0.717, 1.165) is 0 Å². The molecule has 0 nitrogen and oxygen atoms in total. The van der Waals surface area contributed by atoms with Crippen LogP contribution in [0.4, 0.5) is 0 Å². The molecule has 0 spiro atoms. The molecule has 0 amide bonds. The van der Waals surface area contributed by atoms with Crippen LogP contribution in [0, 0.1) is 13.8 Å². The summed E-state index contributed by atoms with van der Waals surface area (Å²) in [6, 6.07) is 6.67. The van der Waals surface area contributed by atoms with E-state index in [1.807, 2.05) is 21.6 Å². The molecule has 0 saturated carbocycles. The van der Waals surface area contributed by atoms with Gasteiger partial charge in [0.05, 0.1) is 0 Å². The third kappa shape index (κ3) is 3.43. The molecule has 17 heavy (non-hydrogen) atoms. The highest BCUT2D eigenvalue weighted by Gasteiger charge is 2.07. The smallest absolute Gasteiger partial charge is 0.0215 e. The molecule has 0 saturated heterocycles. The van der Waals surface area contributed by atoms with Gasteiger partial charge in [-0.3, -0.25) is 0 Å². The van der Waals surface area contributed by atoms with Crippen LogP contribution < -0.4 is 0 Å². The number of allylic oxidation sites excluding steroid dienone is 3. The molecule has 0 heterocycles. The second-order valence-corrected chi connectivity index (χ2v) is 6.73. The van der Waals surface area contributed by atoms with Gasteiger partial charge in [-0.2, -0.15) is 0 Å². The maximum Gasteiger partial charge on any atom is 0.0215 e. The van der Waals surface area contributed by atoms with Crippen LogP contribution in [0.2, 0.25) is 0 Å². The average Bonchev–Trinajstić information content (AvgIpc) is 2.30. The highest BCUT2D eigenvalue weighted by Crippen LogP contribution is 2.42. The van der Waals surface area contributed by atoms with Gasteiger partial charge >= 0.3 is 0 Å². The van der Waals surface area contributed by atoms with Crippen molar-refractivity contribution in [3.05, 3.63) is 52.0 Å². The first-order chi connectivity index (χ1) is 8.16. The van der Waals surface area contributed by atoms with E-state index in [4.69, 9.17) is 0 Å². The molecule has 0 aliphatic heterocycles. The molecule has 0 unspecified atom stereocenters. The van der Waals surface area contributed by atoms with Crippen molar-refractivity contribution >= 4 is 21.6 Å². The lowest BCUT2D eigenvalue weighted by Gasteiger charge is -2.12. The van der Waals surface area contributed by atoms with Crippen LogP contribution in [0.15, 0.2) is 45.7 Å². The molecular formula is C15H18S2. The summed E-state index contributed by atoms with van der Waals surface area (Å²) >= 11 is 0. The zero-order chi connectivity index (χ0) is 12.3. The Kier molecular flexibility index (Phi) is 4.41. The number of hydrogen-bond donors (Lipinski definition) is 0. The molecule has 90 valence electrons. The Labute approximate surface area is 112 Å². The Bertz CT molecular complexity index is 470. The van der Waals surface area contributed by atoms with Gasteiger partial charge < -0.3 is 0 Å². The van der Waals surface area contributed by atoms with E-state index < -0.39 is 0 Å². The quantitative estimate of drug-likeness (QED) is 0.644. The molecule has 2 heteroatoms. The van der Waals surface area contributed by atoms with Gasteiger partial charge in [0.15, 0.2) is 0 Å². The lowest BCUT2D eigenvalue weighted by molar-refractivity contribution is 0.957. The predicted molar refractivity (Wildman–Crippen MR) is 80.4 cm³/mol. The Morgan fingerprint density at radius 2 is 1.88 bits per heavy atom. The molecule has 0 N–H and O–H groups in total.